The van der Waals surface area contributed by atoms with Crippen molar-refractivity contribution in [2.45, 2.75) is 43.5 Å². The smallest absolute Gasteiger partial charge is 0.320 e. The summed E-state index contributed by atoms with van der Waals surface area (Å²) >= 11 is 0.827. The number of anilines is 1. The van der Waals surface area contributed by atoms with Crippen LogP contribution in [0.5, 0.6) is 11.9 Å². The number of benzene rings is 1. The van der Waals surface area contributed by atoms with Crippen molar-refractivity contribution < 1.29 is 27.0 Å². The Balaban J connectivity index is 1.33. The highest BCUT2D eigenvalue weighted by Gasteiger charge is 2.49. The summed E-state index contributed by atoms with van der Waals surface area (Å²) in [5.74, 6) is -2.79. The first-order valence-corrected chi connectivity index (χ1v) is 13.9. The predicted octanol–water partition coefficient (Wildman–Crippen LogP) is 4.00. The fourth-order valence-electron chi connectivity index (χ4n) is 6.13. The second kappa shape index (κ2) is 9.63. The summed E-state index contributed by atoms with van der Waals surface area (Å²) in [5.41, 5.74) is 4.21. The van der Waals surface area contributed by atoms with Crippen LogP contribution in [0.25, 0.3) is 32.4 Å². The molecule has 3 unspecified atom stereocenters. The van der Waals surface area contributed by atoms with Crippen LogP contribution in [-0.2, 0) is 0 Å². The quantitative estimate of drug-likeness (QED) is 0.330. The van der Waals surface area contributed by atoms with Gasteiger partial charge in [0, 0.05) is 31.8 Å². The fraction of sp³-hybridized carbons (Fsp3) is 0.462. The van der Waals surface area contributed by atoms with Gasteiger partial charge >= 0.3 is 6.01 Å². The lowest BCUT2D eigenvalue weighted by Crippen LogP contribution is -2.43. The van der Waals surface area contributed by atoms with Crippen molar-refractivity contribution in [3.8, 4) is 23.1 Å². The molecule has 0 bridgehead atoms. The molecule has 0 aliphatic carbocycles. The standard InChI is InChI=1S/C26H25F4N7O2S/c27-12-7-26(3-1-5-37(26)10-12)11-38-25-35-19-14(23(36-25)39-13-2-4-32-8-13)9-33-20(18(19)30)17-15(28)6-16(29)22-21(17)34-24(31)40-22/h6,9,12-13,32H,1-5,7-8,10-11H2,(H2,31,34). The Kier molecular flexibility index (Phi) is 6.16. The Morgan fingerprint density at radius 2 is 2.05 bits per heavy atom. The van der Waals surface area contributed by atoms with E-state index in [2.05, 4.69) is 30.2 Å². The van der Waals surface area contributed by atoms with Gasteiger partial charge in [-0.05, 0) is 32.4 Å². The molecule has 0 spiro atoms. The number of nitrogen functional groups attached to an aromatic ring is 1. The van der Waals surface area contributed by atoms with Gasteiger partial charge in [0.15, 0.2) is 10.9 Å². The number of fused-ring (bicyclic) bond motifs is 3. The maximum atomic E-state index is 16.2. The Bertz CT molecular complexity index is 1630. The van der Waals surface area contributed by atoms with Gasteiger partial charge in [0.05, 0.1) is 26.7 Å². The molecular formula is C26H25F4N7O2S. The highest BCUT2D eigenvalue weighted by atomic mass is 32.1. The number of nitrogens with two attached hydrogens (primary N) is 1. The summed E-state index contributed by atoms with van der Waals surface area (Å²) in [6.45, 7) is 2.61. The third-order valence-electron chi connectivity index (χ3n) is 7.98. The number of pyridine rings is 1. The van der Waals surface area contributed by atoms with Gasteiger partial charge in [-0.1, -0.05) is 11.3 Å². The first-order chi connectivity index (χ1) is 19.3. The summed E-state index contributed by atoms with van der Waals surface area (Å²) in [6, 6.07) is 0.513. The number of hydrogen-bond acceptors (Lipinski definition) is 10. The second-order valence-corrected chi connectivity index (χ2v) is 11.6. The lowest BCUT2D eigenvalue weighted by atomic mass is 9.95. The monoisotopic (exact) mass is 575 g/mol. The molecule has 14 heteroatoms. The molecule has 6 heterocycles. The predicted molar refractivity (Wildman–Crippen MR) is 141 cm³/mol. The van der Waals surface area contributed by atoms with Crippen molar-refractivity contribution in [3.63, 3.8) is 0 Å². The van der Waals surface area contributed by atoms with Crippen LogP contribution in [-0.4, -0.2) is 75.4 Å². The number of hydrogen-bond donors (Lipinski definition) is 2. The normalized spacial score (nSPS) is 24.8. The third-order valence-corrected chi connectivity index (χ3v) is 8.87. The van der Waals surface area contributed by atoms with E-state index in [1.807, 2.05) is 0 Å². The number of halogens is 4. The van der Waals surface area contributed by atoms with Crippen molar-refractivity contribution in [1.29, 1.82) is 0 Å². The molecule has 3 saturated heterocycles. The van der Waals surface area contributed by atoms with Gasteiger partial charge in [-0.3, -0.25) is 9.88 Å². The molecule has 0 radical (unpaired) electrons. The zero-order valence-corrected chi connectivity index (χ0v) is 22.0. The molecule has 0 amide bonds. The van der Waals surface area contributed by atoms with Crippen LogP contribution in [0, 0.1) is 17.5 Å². The summed E-state index contributed by atoms with van der Waals surface area (Å²) in [4.78, 5) is 19.0. The maximum Gasteiger partial charge on any atom is 0.320 e. The van der Waals surface area contributed by atoms with E-state index in [9.17, 15) is 8.78 Å². The minimum absolute atomic E-state index is 0.00332. The summed E-state index contributed by atoms with van der Waals surface area (Å²) in [7, 11) is 0. The highest BCUT2D eigenvalue weighted by Crippen LogP contribution is 2.41. The van der Waals surface area contributed by atoms with Crippen molar-refractivity contribution in [1.82, 2.24) is 30.2 Å². The molecule has 3 aliphatic rings. The van der Waals surface area contributed by atoms with Crippen LogP contribution in [0.3, 0.4) is 0 Å². The SMILES string of the molecule is Nc1nc2c(-c3ncc4c(OC5CCNC5)nc(OCC56CCCN5CC(F)C6)nc4c3F)c(F)cc(F)c2s1. The molecule has 4 aromatic rings. The summed E-state index contributed by atoms with van der Waals surface area (Å²) in [6.07, 6.45) is 2.90. The van der Waals surface area contributed by atoms with E-state index >= 15 is 8.78 Å². The molecular weight excluding hydrogens is 550 g/mol. The van der Waals surface area contributed by atoms with Crippen molar-refractivity contribution in [2.24, 2.45) is 0 Å². The maximum absolute atomic E-state index is 16.2. The fourth-order valence-corrected chi connectivity index (χ4v) is 6.88. The molecule has 0 saturated carbocycles. The van der Waals surface area contributed by atoms with E-state index < -0.39 is 34.9 Å². The minimum atomic E-state index is -1.04. The molecule has 210 valence electrons. The number of alkyl halides is 1. The molecule has 40 heavy (non-hydrogen) atoms. The molecule has 3 N–H and O–H groups in total. The van der Waals surface area contributed by atoms with Crippen LogP contribution in [0.15, 0.2) is 12.3 Å². The third kappa shape index (κ3) is 4.20. The average molecular weight is 576 g/mol. The van der Waals surface area contributed by atoms with Crippen molar-refractivity contribution >= 4 is 37.6 Å². The molecule has 7 rings (SSSR count). The van der Waals surface area contributed by atoms with Gasteiger partial charge in [0.2, 0.25) is 5.88 Å². The molecule has 3 atom stereocenters. The van der Waals surface area contributed by atoms with Gasteiger partial charge < -0.3 is 20.5 Å². The largest absolute Gasteiger partial charge is 0.472 e. The van der Waals surface area contributed by atoms with E-state index in [-0.39, 0.29) is 56.4 Å². The number of rotatable bonds is 6. The first kappa shape index (κ1) is 25.6. The van der Waals surface area contributed by atoms with Crippen LogP contribution in [0.1, 0.15) is 25.7 Å². The summed E-state index contributed by atoms with van der Waals surface area (Å²) in [5, 5.41) is 3.37. The Hall–Kier alpha value is -3.36. The minimum Gasteiger partial charge on any atom is -0.472 e. The molecule has 9 nitrogen and oxygen atoms in total. The average Bonchev–Trinajstić information content (AvgIpc) is 3.69. The van der Waals surface area contributed by atoms with Gasteiger partial charge in [-0.2, -0.15) is 9.97 Å². The number of aromatic nitrogens is 4. The van der Waals surface area contributed by atoms with Crippen LogP contribution in [0.4, 0.5) is 22.7 Å². The number of ether oxygens (including phenoxy) is 2. The Morgan fingerprint density at radius 3 is 2.88 bits per heavy atom. The number of nitrogens with zero attached hydrogens (tertiary/aromatic N) is 5. The lowest BCUT2D eigenvalue weighted by molar-refractivity contribution is 0.106. The molecule has 3 aromatic heterocycles. The van der Waals surface area contributed by atoms with Gasteiger partial charge in [-0.25, -0.2) is 22.5 Å². The Labute approximate surface area is 229 Å². The molecule has 3 fully saturated rings. The first-order valence-electron chi connectivity index (χ1n) is 13.1. The topological polar surface area (TPSA) is 111 Å². The summed E-state index contributed by atoms with van der Waals surface area (Å²) < 4.78 is 72.1. The zero-order valence-electron chi connectivity index (χ0n) is 21.2. The van der Waals surface area contributed by atoms with E-state index in [4.69, 9.17) is 15.2 Å². The van der Waals surface area contributed by atoms with E-state index in [0.29, 0.717) is 25.6 Å². The lowest BCUT2D eigenvalue weighted by Gasteiger charge is -2.30. The second-order valence-electron chi connectivity index (χ2n) is 10.5. The molecule has 3 aliphatic heterocycles. The van der Waals surface area contributed by atoms with Crippen LogP contribution in [0.2, 0.25) is 0 Å². The van der Waals surface area contributed by atoms with E-state index in [1.165, 1.54) is 6.20 Å². The number of nitrogens with one attached hydrogen (secondary N) is 1. The van der Waals surface area contributed by atoms with Crippen LogP contribution < -0.4 is 20.5 Å². The van der Waals surface area contributed by atoms with Gasteiger partial charge in [-0.15, -0.1) is 0 Å². The Morgan fingerprint density at radius 1 is 1.18 bits per heavy atom. The number of thiazole rings is 1. The van der Waals surface area contributed by atoms with Crippen LogP contribution >= 0.6 is 11.3 Å². The van der Waals surface area contributed by atoms with Gasteiger partial charge in [0.1, 0.15) is 41.7 Å². The van der Waals surface area contributed by atoms with Crippen molar-refractivity contribution in [3.05, 3.63) is 29.7 Å². The van der Waals surface area contributed by atoms with E-state index in [1.54, 1.807) is 0 Å². The zero-order chi connectivity index (χ0) is 27.6. The van der Waals surface area contributed by atoms with E-state index in [0.717, 1.165) is 43.7 Å². The van der Waals surface area contributed by atoms with Crippen molar-refractivity contribution in [2.75, 3.05) is 38.5 Å². The van der Waals surface area contributed by atoms with Gasteiger partial charge in [0.25, 0.3) is 0 Å². The molecule has 1 aromatic carbocycles. The highest BCUT2D eigenvalue weighted by molar-refractivity contribution is 7.22.